The third-order valence-corrected chi connectivity index (χ3v) is 5.24. The highest BCUT2D eigenvalue weighted by atomic mass is 16.4. The van der Waals surface area contributed by atoms with Gasteiger partial charge in [0.2, 0.25) is 5.95 Å². The summed E-state index contributed by atoms with van der Waals surface area (Å²) in [5, 5.41) is 12.4. The summed E-state index contributed by atoms with van der Waals surface area (Å²) in [6.45, 7) is 1.72. The molecule has 4 unspecified atom stereocenters. The van der Waals surface area contributed by atoms with Crippen LogP contribution in [0.5, 0.6) is 0 Å². The number of carbonyl (C=O) groups is 1. The van der Waals surface area contributed by atoms with Crippen LogP contribution < -0.4 is 5.32 Å². The molecule has 0 aromatic carbocycles. The second kappa shape index (κ2) is 3.68. The van der Waals surface area contributed by atoms with Gasteiger partial charge in [0.1, 0.15) is 0 Å². The normalized spacial score (nSPS) is 38.1. The second-order valence-corrected chi connectivity index (χ2v) is 6.16. The lowest BCUT2D eigenvalue weighted by atomic mass is 10.0. The van der Waals surface area contributed by atoms with Crippen LogP contribution in [0.25, 0.3) is 0 Å². The van der Waals surface area contributed by atoms with Crippen LogP contribution in [-0.2, 0) is 0 Å². The van der Waals surface area contributed by atoms with E-state index >= 15 is 0 Å². The molecule has 0 saturated heterocycles. The van der Waals surface area contributed by atoms with Crippen molar-refractivity contribution in [3.63, 3.8) is 0 Å². The lowest BCUT2D eigenvalue weighted by Gasteiger charge is -2.11. The van der Waals surface area contributed by atoms with Gasteiger partial charge in [-0.2, -0.15) is 0 Å². The number of aromatic nitrogens is 2. The van der Waals surface area contributed by atoms with Gasteiger partial charge < -0.3 is 10.4 Å². The number of nitrogens with one attached hydrogen (secondary N) is 1. The van der Waals surface area contributed by atoms with E-state index in [1.54, 1.807) is 6.92 Å². The van der Waals surface area contributed by atoms with E-state index in [4.69, 9.17) is 5.11 Å². The van der Waals surface area contributed by atoms with E-state index in [9.17, 15) is 4.79 Å². The molecule has 3 fully saturated rings. The minimum absolute atomic E-state index is 0.182. The van der Waals surface area contributed by atoms with E-state index in [2.05, 4.69) is 15.3 Å². The van der Waals surface area contributed by atoms with Gasteiger partial charge in [-0.15, -0.1) is 0 Å². The third-order valence-electron chi connectivity index (χ3n) is 5.24. The topological polar surface area (TPSA) is 75.1 Å². The van der Waals surface area contributed by atoms with Crippen molar-refractivity contribution in [1.82, 2.24) is 9.97 Å². The van der Waals surface area contributed by atoms with Crippen LogP contribution in [-0.4, -0.2) is 27.1 Å². The maximum absolute atomic E-state index is 10.9. The van der Waals surface area contributed by atoms with Crippen LogP contribution in [0, 0.1) is 30.6 Å². The van der Waals surface area contributed by atoms with Crippen molar-refractivity contribution < 1.29 is 9.90 Å². The summed E-state index contributed by atoms with van der Waals surface area (Å²) >= 11 is 0. The average Bonchev–Trinajstić information content (AvgIpc) is 2.78. The molecule has 5 heteroatoms. The van der Waals surface area contributed by atoms with Gasteiger partial charge in [0.05, 0.1) is 11.3 Å². The van der Waals surface area contributed by atoms with Crippen molar-refractivity contribution >= 4 is 11.9 Å². The molecular formula is C14H17N3O2. The summed E-state index contributed by atoms with van der Waals surface area (Å²) in [6, 6.07) is 0.529. The number of hydrogen-bond acceptors (Lipinski definition) is 4. The van der Waals surface area contributed by atoms with Crippen LogP contribution in [0.1, 0.15) is 35.3 Å². The van der Waals surface area contributed by atoms with Gasteiger partial charge in [0, 0.05) is 12.2 Å². The lowest BCUT2D eigenvalue weighted by molar-refractivity contribution is 0.0695. The summed E-state index contributed by atoms with van der Waals surface area (Å²) in [6.07, 6.45) is 5.61. The monoisotopic (exact) mass is 259 g/mol. The Balaban J connectivity index is 1.50. The highest BCUT2D eigenvalue weighted by Crippen LogP contribution is 2.66. The van der Waals surface area contributed by atoms with E-state index in [1.165, 1.54) is 25.5 Å². The summed E-state index contributed by atoms with van der Waals surface area (Å²) in [5.41, 5.74) is 0.709. The highest BCUT2D eigenvalue weighted by Gasteiger charge is 2.65. The first-order valence-electron chi connectivity index (χ1n) is 6.98. The van der Waals surface area contributed by atoms with Crippen molar-refractivity contribution in [3.8, 4) is 0 Å². The zero-order chi connectivity index (χ0) is 13.1. The molecule has 19 heavy (non-hydrogen) atoms. The van der Waals surface area contributed by atoms with Gasteiger partial charge >= 0.3 is 5.97 Å². The SMILES string of the molecule is Cc1nc(NC2C3C4CCC(C4)C23)ncc1C(=O)O. The first kappa shape index (κ1) is 11.2. The van der Waals surface area contributed by atoms with Crippen LogP contribution in [0.4, 0.5) is 5.95 Å². The quantitative estimate of drug-likeness (QED) is 0.867. The molecular weight excluding hydrogens is 242 g/mol. The Kier molecular flexibility index (Phi) is 2.17. The van der Waals surface area contributed by atoms with E-state index < -0.39 is 5.97 Å². The Morgan fingerprint density at radius 1 is 1.37 bits per heavy atom. The molecule has 4 atom stereocenters. The first-order valence-corrected chi connectivity index (χ1v) is 6.98. The molecule has 3 saturated carbocycles. The average molecular weight is 259 g/mol. The Morgan fingerprint density at radius 3 is 2.63 bits per heavy atom. The number of carboxylic acids is 1. The maximum Gasteiger partial charge on any atom is 0.339 e. The summed E-state index contributed by atoms with van der Waals surface area (Å²) in [7, 11) is 0. The minimum atomic E-state index is -0.967. The van der Waals surface area contributed by atoms with Crippen molar-refractivity contribution in [2.45, 2.75) is 32.2 Å². The van der Waals surface area contributed by atoms with E-state index in [0.717, 1.165) is 23.7 Å². The van der Waals surface area contributed by atoms with Gasteiger partial charge in [-0.3, -0.25) is 0 Å². The van der Waals surface area contributed by atoms with Crippen LogP contribution in [0.3, 0.4) is 0 Å². The number of fused-ring (bicyclic) bond motifs is 5. The summed E-state index contributed by atoms with van der Waals surface area (Å²) in [4.78, 5) is 19.3. The molecule has 1 aromatic heterocycles. The fourth-order valence-corrected chi connectivity index (χ4v) is 4.41. The molecule has 0 amide bonds. The van der Waals surface area contributed by atoms with Gasteiger partial charge in [-0.1, -0.05) is 0 Å². The lowest BCUT2D eigenvalue weighted by Crippen LogP contribution is -2.16. The molecule has 2 bridgehead atoms. The number of aryl methyl sites for hydroxylation is 1. The number of aromatic carboxylic acids is 1. The van der Waals surface area contributed by atoms with Gasteiger partial charge in [-0.25, -0.2) is 14.8 Å². The Labute approximate surface area is 111 Å². The van der Waals surface area contributed by atoms with Gasteiger partial charge in [-0.05, 0) is 49.9 Å². The highest BCUT2D eigenvalue weighted by molar-refractivity contribution is 5.88. The summed E-state index contributed by atoms with van der Waals surface area (Å²) in [5.74, 6) is 3.08. The minimum Gasteiger partial charge on any atom is -0.478 e. The predicted molar refractivity (Wildman–Crippen MR) is 69.0 cm³/mol. The smallest absolute Gasteiger partial charge is 0.339 e. The number of carboxylic acid groups (broad SMARTS) is 1. The number of hydrogen-bond donors (Lipinski definition) is 2. The van der Waals surface area contributed by atoms with Crippen LogP contribution in [0.15, 0.2) is 6.20 Å². The molecule has 0 radical (unpaired) electrons. The van der Waals surface area contributed by atoms with E-state index in [-0.39, 0.29) is 5.56 Å². The van der Waals surface area contributed by atoms with E-state index in [1.807, 2.05) is 0 Å². The molecule has 2 N–H and O–H groups in total. The third kappa shape index (κ3) is 1.57. The largest absolute Gasteiger partial charge is 0.478 e. The molecule has 3 aliphatic carbocycles. The standard InChI is InChI=1S/C14H17N3O2/c1-6-9(13(18)19)5-15-14(16-6)17-12-10-7-2-3-8(4-7)11(10)12/h5,7-8,10-12H,2-4H2,1H3,(H,18,19)(H,15,16,17). The Bertz CT molecular complexity index is 544. The van der Waals surface area contributed by atoms with Crippen molar-refractivity contribution in [1.29, 1.82) is 0 Å². The van der Waals surface area contributed by atoms with E-state index in [0.29, 0.717) is 17.7 Å². The fraction of sp³-hybridized carbons (Fsp3) is 0.643. The molecule has 5 nitrogen and oxygen atoms in total. The molecule has 3 aliphatic rings. The molecule has 4 rings (SSSR count). The Morgan fingerprint density at radius 2 is 2.05 bits per heavy atom. The number of anilines is 1. The van der Waals surface area contributed by atoms with Gasteiger partial charge in [0.15, 0.2) is 0 Å². The maximum atomic E-state index is 10.9. The molecule has 1 aromatic rings. The second-order valence-electron chi connectivity index (χ2n) is 6.16. The van der Waals surface area contributed by atoms with Crippen molar-refractivity contribution in [3.05, 3.63) is 17.5 Å². The zero-order valence-corrected chi connectivity index (χ0v) is 10.8. The van der Waals surface area contributed by atoms with Crippen LogP contribution in [0.2, 0.25) is 0 Å². The van der Waals surface area contributed by atoms with Gasteiger partial charge in [0.25, 0.3) is 0 Å². The molecule has 0 spiro atoms. The zero-order valence-electron chi connectivity index (χ0n) is 10.8. The van der Waals surface area contributed by atoms with Crippen molar-refractivity contribution in [2.24, 2.45) is 23.7 Å². The van der Waals surface area contributed by atoms with Crippen molar-refractivity contribution in [2.75, 3.05) is 5.32 Å². The molecule has 0 aliphatic heterocycles. The number of nitrogens with zero attached hydrogens (tertiary/aromatic N) is 2. The summed E-state index contributed by atoms with van der Waals surface area (Å²) < 4.78 is 0. The van der Waals surface area contributed by atoms with Crippen LogP contribution >= 0.6 is 0 Å². The predicted octanol–water partition coefficient (Wildman–Crippen LogP) is 1.94. The Hall–Kier alpha value is -1.65. The molecule has 100 valence electrons. The molecule has 1 heterocycles. The fourth-order valence-electron chi connectivity index (χ4n) is 4.41. The first-order chi connectivity index (χ1) is 9.15. The number of rotatable bonds is 3.